The maximum Gasteiger partial charge on any atom is 0.337 e. The SMILES string of the molecule is COCCn1c(Cc2ccc(-c3cccc(OCc4ccc(CC#N)cc4)n3)cc2F)nc2ccc(C(=O)OC)cc21. The number of ether oxygens (including phenoxy) is 3. The van der Waals surface area contributed by atoms with Crippen LogP contribution in [0.5, 0.6) is 5.88 Å². The lowest BCUT2D eigenvalue weighted by molar-refractivity contribution is 0.0601. The molecule has 3 aromatic carbocycles. The molecule has 0 N–H and O–H groups in total. The van der Waals surface area contributed by atoms with Crippen LogP contribution in [0, 0.1) is 17.1 Å². The van der Waals surface area contributed by atoms with Gasteiger partial charge < -0.3 is 18.8 Å². The highest BCUT2D eigenvalue weighted by Crippen LogP contribution is 2.26. The molecule has 8 nitrogen and oxygen atoms in total. The van der Waals surface area contributed by atoms with Crippen LogP contribution in [0.15, 0.2) is 78.9 Å². The Morgan fingerprint density at radius 2 is 1.79 bits per heavy atom. The quantitative estimate of drug-likeness (QED) is 0.184. The van der Waals surface area contributed by atoms with E-state index in [0.717, 1.165) is 16.6 Å². The van der Waals surface area contributed by atoms with Crippen molar-refractivity contribution in [1.29, 1.82) is 5.26 Å². The molecule has 5 aromatic rings. The summed E-state index contributed by atoms with van der Waals surface area (Å²) < 4.78 is 33.4. The van der Waals surface area contributed by atoms with E-state index in [-0.39, 0.29) is 12.2 Å². The first-order valence-corrected chi connectivity index (χ1v) is 13.4. The lowest BCUT2D eigenvalue weighted by Gasteiger charge is -2.11. The van der Waals surface area contributed by atoms with E-state index in [2.05, 4.69) is 11.1 Å². The molecule has 0 spiro atoms. The predicted molar refractivity (Wildman–Crippen MR) is 155 cm³/mol. The summed E-state index contributed by atoms with van der Waals surface area (Å²) in [4.78, 5) is 21.4. The highest BCUT2D eigenvalue weighted by molar-refractivity contribution is 5.93. The van der Waals surface area contributed by atoms with E-state index >= 15 is 4.39 Å². The van der Waals surface area contributed by atoms with Crippen molar-refractivity contribution in [1.82, 2.24) is 14.5 Å². The number of benzene rings is 3. The van der Waals surface area contributed by atoms with Gasteiger partial charge in [0.1, 0.15) is 18.2 Å². The molecule has 0 fully saturated rings. The van der Waals surface area contributed by atoms with Crippen LogP contribution in [0.1, 0.15) is 32.9 Å². The molecule has 0 aliphatic carbocycles. The van der Waals surface area contributed by atoms with Crippen molar-refractivity contribution < 1.29 is 23.4 Å². The monoisotopic (exact) mass is 564 g/mol. The summed E-state index contributed by atoms with van der Waals surface area (Å²) >= 11 is 0. The second-order valence-corrected chi connectivity index (χ2v) is 9.65. The second kappa shape index (κ2) is 13.1. The summed E-state index contributed by atoms with van der Waals surface area (Å²) in [6.45, 7) is 1.24. The number of nitriles is 1. The van der Waals surface area contributed by atoms with E-state index in [1.165, 1.54) is 13.2 Å². The fourth-order valence-electron chi connectivity index (χ4n) is 4.66. The third kappa shape index (κ3) is 6.45. The van der Waals surface area contributed by atoms with E-state index in [4.69, 9.17) is 24.5 Å². The van der Waals surface area contributed by atoms with Crippen molar-refractivity contribution >= 4 is 17.0 Å². The Bertz CT molecular complexity index is 1760. The molecular formula is C33H29FN4O4. The van der Waals surface area contributed by atoms with E-state index < -0.39 is 5.97 Å². The van der Waals surface area contributed by atoms with Gasteiger partial charge in [-0.25, -0.2) is 19.2 Å². The Kier molecular flexibility index (Phi) is 8.85. The summed E-state index contributed by atoms with van der Waals surface area (Å²) in [6, 6.07) is 25.4. The zero-order valence-corrected chi connectivity index (χ0v) is 23.3. The van der Waals surface area contributed by atoms with E-state index in [0.29, 0.717) is 65.8 Å². The summed E-state index contributed by atoms with van der Waals surface area (Å²) in [5.41, 5.74) is 5.46. The molecule has 0 bridgehead atoms. The van der Waals surface area contributed by atoms with Gasteiger partial charge in [-0.05, 0) is 47.0 Å². The molecule has 0 amide bonds. The minimum atomic E-state index is -0.437. The number of hydrogen-bond donors (Lipinski definition) is 0. The third-order valence-corrected chi connectivity index (χ3v) is 6.88. The first-order valence-electron chi connectivity index (χ1n) is 13.4. The molecule has 0 atom stereocenters. The average molecular weight is 565 g/mol. The van der Waals surface area contributed by atoms with Crippen molar-refractivity contribution in [2.24, 2.45) is 0 Å². The molecule has 0 saturated heterocycles. The van der Waals surface area contributed by atoms with Gasteiger partial charge in [-0.1, -0.05) is 42.5 Å². The number of nitrogens with zero attached hydrogens (tertiary/aromatic N) is 4. The number of carbonyl (C=O) groups excluding carboxylic acids is 1. The topological polar surface area (TPSA) is 99.3 Å². The van der Waals surface area contributed by atoms with Crippen molar-refractivity contribution in [2.45, 2.75) is 26.0 Å². The molecule has 0 unspecified atom stereocenters. The van der Waals surface area contributed by atoms with Gasteiger partial charge >= 0.3 is 5.97 Å². The average Bonchev–Trinajstić information content (AvgIpc) is 3.36. The van der Waals surface area contributed by atoms with Gasteiger partial charge in [0.15, 0.2) is 0 Å². The Morgan fingerprint density at radius 3 is 2.52 bits per heavy atom. The number of carbonyl (C=O) groups is 1. The Morgan fingerprint density at radius 1 is 0.976 bits per heavy atom. The summed E-state index contributed by atoms with van der Waals surface area (Å²) in [7, 11) is 2.95. The molecule has 2 aromatic heterocycles. The molecule has 9 heteroatoms. The number of hydrogen-bond acceptors (Lipinski definition) is 7. The fraction of sp³-hybridized carbons (Fsp3) is 0.212. The maximum absolute atomic E-state index is 15.4. The molecule has 42 heavy (non-hydrogen) atoms. The fourth-order valence-corrected chi connectivity index (χ4v) is 4.66. The van der Waals surface area contributed by atoms with Crippen LogP contribution >= 0.6 is 0 Å². The van der Waals surface area contributed by atoms with Gasteiger partial charge in [-0.15, -0.1) is 0 Å². The smallest absolute Gasteiger partial charge is 0.337 e. The van der Waals surface area contributed by atoms with Crippen molar-refractivity contribution in [3.05, 3.63) is 113 Å². The van der Waals surface area contributed by atoms with Crippen LogP contribution in [0.2, 0.25) is 0 Å². The minimum absolute atomic E-state index is 0.252. The Labute approximate surface area is 242 Å². The van der Waals surface area contributed by atoms with Crippen LogP contribution in [-0.4, -0.2) is 41.3 Å². The van der Waals surface area contributed by atoms with Crippen molar-refractivity contribution in [2.75, 3.05) is 20.8 Å². The van der Waals surface area contributed by atoms with Gasteiger partial charge in [-0.3, -0.25) is 0 Å². The summed E-state index contributed by atoms with van der Waals surface area (Å²) in [6.07, 6.45) is 0.619. The van der Waals surface area contributed by atoms with Gasteiger partial charge in [-0.2, -0.15) is 5.26 Å². The van der Waals surface area contributed by atoms with Crippen LogP contribution in [0.4, 0.5) is 4.39 Å². The molecule has 0 aliphatic rings. The van der Waals surface area contributed by atoms with Crippen LogP contribution in [0.3, 0.4) is 0 Å². The predicted octanol–water partition coefficient (Wildman–Crippen LogP) is 5.91. The molecule has 0 aliphatic heterocycles. The Hall–Kier alpha value is -5.07. The van der Waals surface area contributed by atoms with Gasteiger partial charge in [0.25, 0.3) is 0 Å². The maximum atomic E-state index is 15.4. The first kappa shape index (κ1) is 28.5. The molecule has 2 heterocycles. The number of pyridine rings is 1. The highest BCUT2D eigenvalue weighted by atomic mass is 19.1. The van der Waals surface area contributed by atoms with Crippen LogP contribution in [-0.2, 0) is 35.5 Å². The number of fused-ring (bicyclic) bond motifs is 1. The number of rotatable bonds is 11. The largest absolute Gasteiger partial charge is 0.473 e. The number of imidazole rings is 1. The minimum Gasteiger partial charge on any atom is -0.473 e. The Balaban J connectivity index is 1.34. The van der Waals surface area contributed by atoms with Crippen molar-refractivity contribution in [3.63, 3.8) is 0 Å². The summed E-state index contributed by atoms with van der Waals surface area (Å²) in [5, 5.41) is 8.83. The van der Waals surface area contributed by atoms with Gasteiger partial charge in [0.05, 0.1) is 48.5 Å². The van der Waals surface area contributed by atoms with Gasteiger partial charge in [0, 0.05) is 31.7 Å². The van der Waals surface area contributed by atoms with Gasteiger partial charge in [0.2, 0.25) is 5.88 Å². The zero-order chi connectivity index (χ0) is 29.5. The number of aromatic nitrogens is 3. The third-order valence-electron chi connectivity index (χ3n) is 6.88. The molecular weight excluding hydrogens is 535 g/mol. The highest BCUT2D eigenvalue weighted by Gasteiger charge is 2.16. The number of methoxy groups -OCH3 is 2. The molecule has 0 saturated carbocycles. The van der Waals surface area contributed by atoms with Crippen LogP contribution < -0.4 is 4.74 Å². The molecule has 5 rings (SSSR count). The number of halogens is 1. The van der Waals surface area contributed by atoms with Crippen molar-refractivity contribution in [3.8, 4) is 23.2 Å². The van der Waals surface area contributed by atoms with E-state index in [1.807, 2.05) is 41.0 Å². The lowest BCUT2D eigenvalue weighted by atomic mass is 10.1. The molecule has 212 valence electrons. The first-order chi connectivity index (χ1) is 20.5. The number of esters is 1. The van der Waals surface area contributed by atoms with Crippen LogP contribution in [0.25, 0.3) is 22.3 Å². The van der Waals surface area contributed by atoms with E-state index in [9.17, 15) is 4.79 Å². The normalized spacial score (nSPS) is 10.9. The van der Waals surface area contributed by atoms with E-state index in [1.54, 1.807) is 43.5 Å². The summed E-state index contributed by atoms with van der Waals surface area (Å²) in [5.74, 6) is 0.271. The standard InChI is InChI=1S/C33H29FN4O4/c1-40-17-16-38-30-19-26(33(39)41-2)12-13-29(30)36-31(38)20-24-10-11-25(18-27(24)34)28-4-3-5-32(37-28)42-21-23-8-6-22(7-9-23)14-15-35/h3-13,18-19H,14,16-17,20-21H2,1-2H3. The second-order valence-electron chi connectivity index (χ2n) is 9.65. The zero-order valence-electron chi connectivity index (χ0n) is 23.3. The lowest BCUT2D eigenvalue weighted by Crippen LogP contribution is -2.10. The molecule has 0 radical (unpaired) electrons.